The van der Waals surface area contributed by atoms with Gasteiger partial charge in [0.1, 0.15) is 11.5 Å². The quantitative estimate of drug-likeness (QED) is 0.345. The number of ether oxygens (including phenoxy) is 1. The van der Waals surface area contributed by atoms with E-state index < -0.39 is 17.7 Å². The number of para-hydroxylation sites is 1. The first kappa shape index (κ1) is 20.7. The molecule has 0 spiro atoms. The number of halogens is 1. The van der Waals surface area contributed by atoms with Gasteiger partial charge in [-0.05, 0) is 48.4 Å². The molecule has 1 aliphatic heterocycles. The van der Waals surface area contributed by atoms with Crippen LogP contribution in [0.15, 0.2) is 78.4 Å². The van der Waals surface area contributed by atoms with Crippen molar-refractivity contribution < 1.29 is 19.4 Å². The normalized spacial score (nSPS) is 17.8. The Morgan fingerprint density at radius 3 is 2.35 bits per heavy atom. The zero-order chi connectivity index (χ0) is 22.1. The third-order valence-corrected chi connectivity index (χ3v) is 5.72. The van der Waals surface area contributed by atoms with Crippen molar-refractivity contribution in [3.63, 3.8) is 0 Å². The van der Waals surface area contributed by atoms with Gasteiger partial charge in [0, 0.05) is 11.3 Å². The summed E-state index contributed by atoms with van der Waals surface area (Å²) in [5.41, 5.74) is 2.40. The molecular formula is C25H20ClNO4. The van der Waals surface area contributed by atoms with E-state index in [0.29, 0.717) is 11.4 Å². The highest BCUT2D eigenvalue weighted by Crippen LogP contribution is 2.44. The van der Waals surface area contributed by atoms with Crippen LogP contribution in [0.25, 0.3) is 5.76 Å². The van der Waals surface area contributed by atoms with E-state index in [-0.39, 0.29) is 21.9 Å². The fourth-order valence-electron chi connectivity index (χ4n) is 3.83. The second kappa shape index (κ2) is 8.28. The Kier molecular flexibility index (Phi) is 5.53. The minimum absolute atomic E-state index is 0.0155. The van der Waals surface area contributed by atoms with Crippen LogP contribution in [0.5, 0.6) is 5.75 Å². The molecule has 3 aromatic carbocycles. The third kappa shape index (κ3) is 3.57. The number of aliphatic hydroxyl groups excluding tert-OH is 1. The molecule has 0 saturated carbocycles. The number of amides is 1. The summed E-state index contributed by atoms with van der Waals surface area (Å²) in [4.78, 5) is 27.7. The number of Topliss-reactive ketones (excluding diaryl/α,β-unsaturated/α-hetero) is 1. The number of carbonyl (C=O) groups excluding carboxylic acids is 2. The van der Waals surface area contributed by atoms with Gasteiger partial charge in [-0.25, -0.2) is 0 Å². The number of aliphatic hydroxyl groups is 1. The molecule has 1 aliphatic rings. The summed E-state index contributed by atoms with van der Waals surface area (Å²) in [5, 5.41) is 11.5. The van der Waals surface area contributed by atoms with E-state index in [9.17, 15) is 14.7 Å². The lowest BCUT2D eigenvalue weighted by atomic mass is 9.92. The van der Waals surface area contributed by atoms with Crippen LogP contribution in [0.1, 0.15) is 22.7 Å². The predicted molar refractivity (Wildman–Crippen MR) is 120 cm³/mol. The van der Waals surface area contributed by atoms with Crippen molar-refractivity contribution in [3.05, 3.63) is 100 Å². The number of rotatable bonds is 4. The van der Waals surface area contributed by atoms with Crippen LogP contribution >= 0.6 is 11.6 Å². The van der Waals surface area contributed by atoms with E-state index in [1.165, 1.54) is 12.0 Å². The van der Waals surface area contributed by atoms with Gasteiger partial charge in [-0.2, -0.15) is 0 Å². The Morgan fingerprint density at radius 1 is 1.00 bits per heavy atom. The summed E-state index contributed by atoms with van der Waals surface area (Å²) in [7, 11) is 1.49. The first-order valence-electron chi connectivity index (χ1n) is 9.69. The lowest BCUT2D eigenvalue weighted by Crippen LogP contribution is -2.29. The van der Waals surface area contributed by atoms with Crippen LogP contribution in [0.3, 0.4) is 0 Å². The summed E-state index contributed by atoms with van der Waals surface area (Å²) in [6.45, 7) is 1.90. The van der Waals surface area contributed by atoms with Gasteiger partial charge in [-0.15, -0.1) is 0 Å². The third-order valence-electron chi connectivity index (χ3n) is 5.39. The van der Waals surface area contributed by atoms with Crippen molar-refractivity contribution in [2.75, 3.05) is 12.0 Å². The second-order valence-electron chi connectivity index (χ2n) is 7.21. The molecule has 31 heavy (non-hydrogen) atoms. The molecule has 5 nitrogen and oxygen atoms in total. The van der Waals surface area contributed by atoms with Crippen molar-refractivity contribution in [1.82, 2.24) is 0 Å². The standard InChI is InChI=1S/C25H20ClNO4/c1-15-8-6-7-11-18(15)22-21(23(28)19-14-17(31-2)12-13-20(19)26)24(29)25(30)27(22)16-9-4-3-5-10-16/h3-14,22,28H,1-2H3/b23-21+. The van der Waals surface area contributed by atoms with E-state index in [1.807, 2.05) is 37.3 Å². The highest BCUT2D eigenvalue weighted by molar-refractivity contribution is 6.52. The highest BCUT2D eigenvalue weighted by Gasteiger charge is 2.47. The van der Waals surface area contributed by atoms with Crippen LogP contribution in [-0.2, 0) is 9.59 Å². The molecule has 1 fully saturated rings. The number of ketones is 1. The number of aryl methyl sites for hydroxylation is 1. The zero-order valence-electron chi connectivity index (χ0n) is 17.0. The fourth-order valence-corrected chi connectivity index (χ4v) is 4.04. The zero-order valence-corrected chi connectivity index (χ0v) is 17.8. The molecule has 0 radical (unpaired) electrons. The number of nitrogens with zero attached hydrogens (tertiary/aromatic N) is 1. The Balaban J connectivity index is 2.00. The lowest BCUT2D eigenvalue weighted by molar-refractivity contribution is -0.132. The highest BCUT2D eigenvalue weighted by atomic mass is 35.5. The molecule has 6 heteroatoms. The van der Waals surface area contributed by atoms with Gasteiger partial charge < -0.3 is 9.84 Å². The van der Waals surface area contributed by atoms with Gasteiger partial charge in [0.15, 0.2) is 0 Å². The molecular weight excluding hydrogens is 414 g/mol. The molecule has 1 amide bonds. The lowest BCUT2D eigenvalue weighted by Gasteiger charge is -2.26. The van der Waals surface area contributed by atoms with Gasteiger partial charge in [0.25, 0.3) is 11.7 Å². The topological polar surface area (TPSA) is 66.8 Å². The van der Waals surface area contributed by atoms with Crippen molar-refractivity contribution >= 4 is 34.7 Å². The van der Waals surface area contributed by atoms with Crippen molar-refractivity contribution in [3.8, 4) is 5.75 Å². The van der Waals surface area contributed by atoms with E-state index >= 15 is 0 Å². The number of hydrogen-bond acceptors (Lipinski definition) is 4. The van der Waals surface area contributed by atoms with E-state index in [2.05, 4.69) is 0 Å². The first-order chi connectivity index (χ1) is 14.9. The summed E-state index contributed by atoms with van der Waals surface area (Å²) in [6, 6.07) is 20.4. The summed E-state index contributed by atoms with van der Waals surface area (Å²) in [5.74, 6) is -1.35. The molecule has 0 aromatic heterocycles. The Labute approximate surface area is 185 Å². The maximum Gasteiger partial charge on any atom is 0.300 e. The monoisotopic (exact) mass is 433 g/mol. The van der Waals surface area contributed by atoms with Crippen LogP contribution in [0.4, 0.5) is 5.69 Å². The van der Waals surface area contributed by atoms with Gasteiger partial charge in [-0.1, -0.05) is 54.1 Å². The summed E-state index contributed by atoms with van der Waals surface area (Å²) >= 11 is 6.33. The molecule has 4 rings (SSSR count). The van der Waals surface area contributed by atoms with Crippen molar-refractivity contribution in [2.45, 2.75) is 13.0 Å². The molecule has 3 aromatic rings. The van der Waals surface area contributed by atoms with Gasteiger partial charge >= 0.3 is 0 Å². The number of carbonyl (C=O) groups is 2. The molecule has 1 N–H and O–H groups in total. The molecule has 1 saturated heterocycles. The molecule has 1 unspecified atom stereocenters. The maximum atomic E-state index is 13.2. The maximum absolute atomic E-state index is 13.2. The number of methoxy groups -OCH3 is 1. The van der Waals surface area contributed by atoms with E-state index in [0.717, 1.165) is 11.1 Å². The predicted octanol–water partition coefficient (Wildman–Crippen LogP) is 5.28. The average molecular weight is 434 g/mol. The van der Waals surface area contributed by atoms with Crippen LogP contribution in [0.2, 0.25) is 5.02 Å². The molecule has 0 bridgehead atoms. The van der Waals surface area contributed by atoms with Crippen molar-refractivity contribution in [2.24, 2.45) is 0 Å². The van der Waals surface area contributed by atoms with Crippen molar-refractivity contribution in [1.29, 1.82) is 0 Å². The Hall–Kier alpha value is -3.57. The molecule has 156 valence electrons. The van der Waals surface area contributed by atoms with Crippen LogP contribution < -0.4 is 9.64 Å². The minimum atomic E-state index is -0.800. The second-order valence-corrected chi connectivity index (χ2v) is 7.61. The van der Waals surface area contributed by atoms with Gasteiger partial charge in [0.05, 0.1) is 23.7 Å². The fraction of sp³-hybridized carbons (Fsp3) is 0.120. The number of anilines is 1. The van der Waals surface area contributed by atoms with Crippen LogP contribution in [-0.4, -0.2) is 23.9 Å². The van der Waals surface area contributed by atoms with E-state index in [1.54, 1.807) is 42.5 Å². The average Bonchev–Trinajstić information content (AvgIpc) is 3.05. The van der Waals surface area contributed by atoms with Gasteiger partial charge in [0.2, 0.25) is 0 Å². The SMILES string of the molecule is COc1ccc(Cl)c(/C(O)=C2\C(=O)C(=O)N(c3ccccc3)C2c2ccccc2C)c1. The smallest absolute Gasteiger partial charge is 0.300 e. The molecule has 1 atom stereocenters. The van der Waals surface area contributed by atoms with Gasteiger partial charge in [-0.3, -0.25) is 14.5 Å². The Morgan fingerprint density at radius 2 is 1.68 bits per heavy atom. The molecule has 0 aliphatic carbocycles. The first-order valence-corrected chi connectivity index (χ1v) is 10.1. The summed E-state index contributed by atoms with van der Waals surface area (Å²) in [6.07, 6.45) is 0. The Bertz CT molecular complexity index is 1200. The number of hydrogen-bond donors (Lipinski definition) is 1. The van der Waals surface area contributed by atoms with Crippen LogP contribution in [0, 0.1) is 6.92 Å². The molecule has 1 heterocycles. The number of benzene rings is 3. The van der Waals surface area contributed by atoms with E-state index in [4.69, 9.17) is 16.3 Å². The minimum Gasteiger partial charge on any atom is -0.507 e. The largest absolute Gasteiger partial charge is 0.507 e. The summed E-state index contributed by atoms with van der Waals surface area (Å²) < 4.78 is 5.24.